The Hall–Kier alpha value is -3.23. The van der Waals surface area contributed by atoms with Crippen LogP contribution in [0.1, 0.15) is 35.1 Å². The number of rotatable bonds is 7. The van der Waals surface area contributed by atoms with Crippen LogP contribution in [-0.2, 0) is 12.6 Å². The van der Waals surface area contributed by atoms with Crippen LogP contribution < -0.4 is 21.3 Å². The van der Waals surface area contributed by atoms with Gasteiger partial charge in [-0.15, -0.1) is 0 Å². The van der Waals surface area contributed by atoms with Gasteiger partial charge in [0.05, 0.1) is 16.9 Å². The van der Waals surface area contributed by atoms with Crippen molar-refractivity contribution in [1.82, 2.24) is 4.90 Å². The van der Waals surface area contributed by atoms with Gasteiger partial charge in [-0.3, -0.25) is 0 Å². The number of likely N-dealkylation sites (tertiary alicyclic amines) is 1. The Labute approximate surface area is 222 Å². The van der Waals surface area contributed by atoms with E-state index in [4.69, 9.17) is 5.73 Å². The topological polar surface area (TPSA) is 56.6 Å². The highest BCUT2D eigenvalue weighted by atomic mass is 19.4. The van der Waals surface area contributed by atoms with Crippen molar-refractivity contribution in [2.75, 3.05) is 48.3 Å². The fourth-order valence-electron chi connectivity index (χ4n) is 5.63. The van der Waals surface area contributed by atoms with Crippen LogP contribution in [0.5, 0.6) is 0 Å². The molecule has 0 aliphatic carbocycles. The van der Waals surface area contributed by atoms with E-state index in [-0.39, 0.29) is 6.04 Å². The number of hydrogen-bond donors (Lipinski definition) is 3. The highest BCUT2D eigenvalue weighted by Crippen LogP contribution is 2.40. The van der Waals surface area contributed by atoms with Gasteiger partial charge in [-0.1, -0.05) is 18.2 Å². The van der Waals surface area contributed by atoms with Crippen molar-refractivity contribution in [1.29, 1.82) is 0 Å². The van der Waals surface area contributed by atoms with Crippen molar-refractivity contribution in [2.24, 2.45) is 5.73 Å². The number of piperidine rings is 1. The third-order valence-electron chi connectivity index (χ3n) is 7.72. The predicted octanol–water partition coefficient (Wildman–Crippen LogP) is 6.60. The van der Waals surface area contributed by atoms with Crippen LogP contribution in [0.15, 0.2) is 54.6 Å². The standard InChI is InChI=1S/C30H36F3N5/c1-20-18-25(38-15-9-22-5-3-4-6-28(22)38)7-8-26(20)36-29-21(2)17-23(30(31,32)33)19-27(29)35-24-10-13-37(14-11-24)16-12-34/h3-8,17-19,24,35-36H,9-16,34H2,1-2H3. The van der Waals surface area contributed by atoms with Gasteiger partial charge in [0.1, 0.15) is 0 Å². The second-order valence-corrected chi connectivity index (χ2v) is 10.4. The molecule has 4 N–H and O–H groups in total. The van der Waals surface area contributed by atoms with Crippen molar-refractivity contribution < 1.29 is 13.2 Å². The normalized spacial score (nSPS) is 16.5. The molecule has 2 aliphatic rings. The molecule has 3 aromatic carbocycles. The summed E-state index contributed by atoms with van der Waals surface area (Å²) < 4.78 is 41.1. The molecule has 0 amide bonds. The zero-order chi connectivity index (χ0) is 26.9. The molecular weight excluding hydrogens is 487 g/mol. The van der Waals surface area contributed by atoms with Gasteiger partial charge in [-0.25, -0.2) is 0 Å². The Bertz CT molecular complexity index is 1280. The van der Waals surface area contributed by atoms with E-state index in [1.54, 1.807) is 6.92 Å². The molecule has 0 unspecified atom stereocenters. The predicted molar refractivity (Wildman–Crippen MR) is 150 cm³/mol. The Balaban J connectivity index is 1.40. The molecule has 2 aliphatic heterocycles. The zero-order valence-corrected chi connectivity index (χ0v) is 22.0. The number of halogens is 3. The Morgan fingerprint density at radius 3 is 2.39 bits per heavy atom. The fourth-order valence-corrected chi connectivity index (χ4v) is 5.63. The highest BCUT2D eigenvalue weighted by Gasteiger charge is 2.32. The second-order valence-electron chi connectivity index (χ2n) is 10.4. The lowest BCUT2D eigenvalue weighted by molar-refractivity contribution is -0.137. The van der Waals surface area contributed by atoms with Crippen LogP contribution in [0, 0.1) is 13.8 Å². The molecule has 5 nitrogen and oxygen atoms in total. The van der Waals surface area contributed by atoms with Crippen LogP contribution >= 0.6 is 0 Å². The summed E-state index contributed by atoms with van der Waals surface area (Å²) in [5.41, 5.74) is 12.4. The van der Waals surface area contributed by atoms with E-state index in [0.717, 1.165) is 62.4 Å². The van der Waals surface area contributed by atoms with Gasteiger partial charge >= 0.3 is 6.18 Å². The van der Waals surface area contributed by atoms with E-state index in [0.29, 0.717) is 23.5 Å². The molecule has 3 aromatic rings. The van der Waals surface area contributed by atoms with Crippen LogP contribution in [0.4, 0.5) is 41.6 Å². The number of nitrogens with one attached hydrogen (secondary N) is 2. The van der Waals surface area contributed by atoms with Crippen LogP contribution in [-0.4, -0.2) is 43.7 Å². The smallest absolute Gasteiger partial charge is 0.381 e. The summed E-state index contributed by atoms with van der Waals surface area (Å²) >= 11 is 0. The summed E-state index contributed by atoms with van der Waals surface area (Å²) in [5, 5.41) is 6.91. The summed E-state index contributed by atoms with van der Waals surface area (Å²) in [6.07, 6.45) is -1.67. The molecule has 1 saturated heterocycles. The van der Waals surface area contributed by atoms with Crippen molar-refractivity contribution in [3.8, 4) is 0 Å². The van der Waals surface area contributed by atoms with Crippen LogP contribution in [0.2, 0.25) is 0 Å². The van der Waals surface area contributed by atoms with Crippen LogP contribution in [0.3, 0.4) is 0 Å². The third-order valence-corrected chi connectivity index (χ3v) is 7.72. The number of nitrogens with zero attached hydrogens (tertiary/aromatic N) is 2. The number of hydrogen-bond acceptors (Lipinski definition) is 5. The van der Waals surface area contributed by atoms with Crippen molar-refractivity contribution in [3.05, 3.63) is 76.9 Å². The molecule has 0 saturated carbocycles. The molecular formula is C30H36F3N5. The van der Waals surface area contributed by atoms with Crippen molar-refractivity contribution in [2.45, 2.75) is 45.3 Å². The minimum absolute atomic E-state index is 0.103. The van der Waals surface area contributed by atoms with Gasteiger partial charge in [0.25, 0.3) is 0 Å². The SMILES string of the molecule is Cc1cc(N2CCc3ccccc32)ccc1Nc1c(C)cc(C(F)(F)F)cc1NC1CCN(CCN)CC1. The number of fused-ring (bicyclic) bond motifs is 1. The maximum Gasteiger partial charge on any atom is 0.416 e. The number of alkyl halides is 3. The van der Waals surface area contributed by atoms with E-state index in [1.165, 1.54) is 23.4 Å². The number of para-hydroxylation sites is 1. The molecule has 202 valence electrons. The molecule has 1 fully saturated rings. The molecule has 0 spiro atoms. The first-order chi connectivity index (χ1) is 18.2. The Kier molecular flexibility index (Phi) is 7.54. The highest BCUT2D eigenvalue weighted by molar-refractivity contribution is 5.81. The van der Waals surface area contributed by atoms with E-state index in [9.17, 15) is 13.2 Å². The van der Waals surface area contributed by atoms with E-state index in [1.807, 2.05) is 13.0 Å². The number of anilines is 5. The summed E-state index contributed by atoms with van der Waals surface area (Å²) in [5.74, 6) is 0. The third kappa shape index (κ3) is 5.61. The monoisotopic (exact) mass is 523 g/mol. The first-order valence-electron chi connectivity index (χ1n) is 13.4. The molecule has 38 heavy (non-hydrogen) atoms. The largest absolute Gasteiger partial charge is 0.416 e. The lowest BCUT2D eigenvalue weighted by Gasteiger charge is -2.33. The maximum atomic E-state index is 13.7. The molecule has 8 heteroatoms. The quantitative estimate of drug-likeness (QED) is 0.326. The Morgan fingerprint density at radius 1 is 0.921 bits per heavy atom. The summed E-state index contributed by atoms with van der Waals surface area (Å²) in [6.45, 7) is 7.93. The van der Waals surface area contributed by atoms with Gasteiger partial charge in [0.2, 0.25) is 0 Å². The molecule has 0 bridgehead atoms. The Morgan fingerprint density at radius 2 is 1.68 bits per heavy atom. The van der Waals surface area contributed by atoms with E-state index in [2.05, 4.69) is 56.8 Å². The molecule has 0 atom stereocenters. The van der Waals surface area contributed by atoms with Crippen molar-refractivity contribution >= 4 is 28.4 Å². The lowest BCUT2D eigenvalue weighted by atomic mass is 10.0. The van der Waals surface area contributed by atoms with E-state index >= 15 is 0 Å². The molecule has 2 heterocycles. The van der Waals surface area contributed by atoms with Crippen LogP contribution in [0.25, 0.3) is 0 Å². The van der Waals surface area contributed by atoms with Crippen molar-refractivity contribution in [3.63, 3.8) is 0 Å². The lowest BCUT2D eigenvalue weighted by Crippen LogP contribution is -2.41. The minimum atomic E-state index is -4.41. The van der Waals surface area contributed by atoms with Gasteiger partial charge in [-0.2, -0.15) is 13.2 Å². The number of aryl methyl sites for hydroxylation is 2. The van der Waals surface area contributed by atoms with Gasteiger partial charge in [0.15, 0.2) is 0 Å². The van der Waals surface area contributed by atoms with E-state index < -0.39 is 11.7 Å². The summed E-state index contributed by atoms with van der Waals surface area (Å²) in [4.78, 5) is 4.62. The summed E-state index contributed by atoms with van der Waals surface area (Å²) in [7, 11) is 0. The molecule has 0 aromatic heterocycles. The van der Waals surface area contributed by atoms with Gasteiger partial charge in [0, 0.05) is 55.8 Å². The first-order valence-corrected chi connectivity index (χ1v) is 13.4. The number of nitrogens with two attached hydrogens (primary N) is 1. The fraction of sp³-hybridized carbons (Fsp3) is 0.400. The molecule has 0 radical (unpaired) electrons. The first kappa shape index (κ1) is 26.4. The average Bonchev–Trinajstić information content (AvgIpc) is 3.32. The summed E-state index contributed by atoms with van der Waals surface area (Å²) in [6, 6.07) is 17.3. The molecule has 5 rings (SSSR count). The van der Waals surface area contributed by atoms with Gasteiger partial charge in [-0.05, 0) is 86.2 Å². The average molecular weight is 524 g/mol. The second kappa shape index (κ2) is 10.9. The zero-order valence-electron chi connectivity index (χ0n) is 22.0. The minimum Gasteiger partial charge on any atom is -0.381 e. The number of benzene rings is 3. The maximum absolute atomic E-state index is 13.7. The van der Waals surface area contributed by atoms with Gasteiger partial charge < -0.3 is 26.2 Å².